The number of para-hydroxylation sites is 1. The first-order valence-corrected chi connectivity index (χ1v) is 6.45. The number of hydrogen-bond acceptors (Lipinski definition) is 4. The molecule has 20 heavy (non-hydrogen) atoms. The zero-order valence-electron chi connectivity index (χ0n) is 11.1. The van der Waals surface area contributed by atoms with Crippen molar-refractivity contribution >= 4 is 22.7 Å². The molecule has 0 amide bonds. The molecule has 0 bridgehead atoms. The average molecular weight is 269 g/mol. The first-order chi connectivity index (χ1) is 9.65. The molecule has 1 heterocycles. The van der Waals surface area contributed by atoms with Gasteiger partial charge >= 0.3 is 5.97 Å². The number of carbonyl (C=O) groups is 1. The van der Waals surface area contributed by atoms with Gasteiger partial charge < -0.3 is 10.4 Å². The number of anilines is 1. The van der Waals surface area contributed by atoms with E-state index in [9.17, 15) is 10.1 Å². The molecule has 0 aliphatic rings. The Bertz CT molecular complexity index is 676. The van der Waals surface area contributed by atoms with Crippen molar-refractivity contribution in [2.75, 3.05) is 5.32 Å². The number of fused-ring (bicyclic) bond motifs is 1. The van der Waals surface area contributed by atoms with Crippen LogP contribution in [0.2, 0.25) is 0 Å². The van der Waals surface area contributed by atoms with Crippen LogP contribution >= 0.6 is 0 Å². The molecule has 0 spiro atoms. The summed E-state index contributed by atoms with van der Waals surface area (Å²) < 4.78 is 0. The van der Waals surface area contributed by atoms with Crippen LogP contribution in [0.3, 0.4) is 0 Å². The highest BCUT2D eigenvalue weighted by molar-refractivity contribution is 5.84. The van der Waals surface area contributed by atoms with Crippen molar-refractivity contribution in [2.24, 2.45) is 0 Å². The van der Waals surface area contributed by atoms with Crippen LogP contribution < -0.4 is 5.32 Å². The topological polar surface area (TPSA) is 86.0 Å². The summed E-state index contributed by atoms with van der Waals surface area (Å²) in [6.07, 6.45) is 1.22. The lowest BCUT2D eigenvalue weighted by Gasteiger charge is -2.15. The van der Waals surface area contributed by atoms with Gasteiger partial charge in [0.25, 0.3) is 0 Å². The summed E-state index contributed by atoms with van der Waals surface area (Å²) >= 11 is 0. The normalized spacial score (nSPS) is 11.8. The highest BCUT2D eigenvalue weighted by atomic mass is 16.4. The van der Waals surface area contributed by atoms with E-state index in [1.54, 1.807) is 6.07 Å². The summed E-state index contributed by atoms with van der Waals surface area (Å²) in [6, 6.07) is 10.5. The monoisotopic (exact) mass is 269 g/mol. The van der Waals surface area contributed by atoms with Crippen LogP contribution in [0.5, 0.6) is 0 Å². The van der Waals surface area contributed by atoms with Crippen molar-refractivity contribution in [3.05, 3.63) is 35.9 Å². The smallest absolute Gasteiger partial charge is 0.326 e. The number of carboxylic acids is 1. The van der Waals surface area contributed by atoms with Crippen LogP contribution in [-0.4, -0.2) is 22.1 Å². The van der Waals surface area contributed by atoms with Gasteiger partial charge in [0.1, 0.15) is 17.9 Å². The average Bonchev–Trinajstić information content (AvgIpc) is 2.45. The molecule has 2 N–H and O–H groups in total. The van der Waals surface area contributed by atoms with E-state index in [1.165, 1.54) is 0 Å². The number of nitrogens with zero attached hydrogens (tertiary/aromatic N) is 2. The van der Waals surface area contributed by atoms with Crippen LogP contribution in [-0.2, 0) is 4.79 Å². The van der Waals surface area contributed by atoms with E-state index < -0.39 is 12.0 Å². The molecular weight excluding hydrogens is 254 g/mol. The van der Waals surface area contributed by atoms with Crippen LogP contribution in [0.25, 0.3) is 10.9 Å². The molecule has 0 radical (unpaired) electrons. The molecule has 5 heteroatoms. The van der Waals surface area contributed by atoms with Gasteiger partial charge in [-0.3, -0.25) is 0 Å². The molecule has 2 aromatic rings. The Hall–Kier alpha value is -2.61. The van der Waals surface area contributed by atoms with Crippen molar-refractivity contribution in [1.29, 1.82) is 5.26 Å². The second-order valence-electron chi connectivity index (χ2n) is 4.51. The Morgan fingerprint density at radius 1 is 1.50 bits per heavy atom. The van der Waals surface area contributed by atoms with Crippen LogP contribution in [0.4, 0.5) is 5.82 Å². The number of rotatable bonds is 5. The Labute approximate surface area is 116 Å². The molecule has 5 nitrogen and oxygen atoms in total. The van der Waals surface area contributed by atoms with E-state index in [1.807, 2.05) is 31.2 Å². The predicted molar refractivity (Wildman–Crippen MR) is 76.4 cm³/mol. The van der Waals surface area contributed by atoms with E-state index in [-0.39, 0.29) is 0 Å². The van der Waals surface area contributed by atoms with Crippen LogP contribution in [0.15, 0.2) is 30.3 Å². The summed E-state index contributed by atoms with van der Waals surface area (Å²) in [7, 11) is 0. The molecule has 1 aromatic heterocycles. The fourth-order valence-corrected chi connectivity index (χ4v) is 2.02. The number of carboxylic acid groups (broad SMARTS) is 1. The summed E-state index contributed by atoms with van der Waals surface area (Å²) in [6.45, 7) is 1.91. The maximum Gasteiger partial charge on any atom is 0.326 e. The fourth-order valence-electron chi connectivity index (χ4n) is 2.02. The van der Waals surface area contributed by atoms with Crippen molar-refractivity contribution in [3.8, 4) is 6.07 Å². The Kier molecular flexibility index (Phi) is 4.16. The Morgan fingerprint density at radius 2 is 2.25 bits per heavy atom. The van der Waals surface area contributed by atoms with E-state index in [0.717, 1.165) is 17.3 Å². The SMILES string of the molecule is CCCC(Nc1nc2ccccc2cc1C#N)C(=O)O. The maximum atomic E-state index is 11.2. The third-order valence-electron chi connectivity index (χ3n) is 3.03. The van der Waals surface area contributed by atoms with Gasteiger partial charge in [-0.15, -0.1) is 0 Å². The van der Waals surface area contributed by atoms with Gasteiger partial charge in [0, 0.05) is 5.39 Å². The maximum absolute atomic E-state index is 11.2. The summed E-state index contributed by atoms with van der Waals surface area (Å²) in [4.78, 5) is 15.5. The number of aromatic nitrogens is 1. The molecule has 2 rings (SSSR count). The molecule has 0 fully saturated rings. The predicted octanol–water partition coefficient (Wildman–Crippen LogP) is 2.77. The van der Waals surface area contributed by atoms with Crippen molar-refractivity contribution < 1.29 is 9.90 Å². The molecule has 1 aromatic carbocycles. The molecule has 102 valence electrons. The second kappa shape index (κ2) is 6.02. The summed E-state index contributed by atoms with van der Waals surface area (Å²) in [5.41, 5.74) is 1.08. The Morgan fingerprint density at radius 3 is 2.90 bits per heavy atom. The number of nitrogens with one attached hydrogen (secondary N) is 1. The van der Waals surface area contributed by atoms with E-state index in [4.69, 9.17) is 5.11 Å². The molecule has 1 unspecified atom stereocenters. The highest BCUT2D eigenvalue weighted by Crippen LogP contribution is 2.21. The first kappa shape index (κ1) is 13.8. The standard InChI is InChI=1S/C15H15N3O2/c1-2-5-13(15(19)20)18-14-11(9-16)8-10-6-3-4-7-12(10)17-14/h3-4,6-8,13H,2,5H2,1H3,(H,17,18)(H,19,20). The Balaban J connectivity index is 2.42. The minimum Gasteiger partial charge on any atom is -0.480 e. The lowest BCUT2D eigenvalue weighted by atomic mass is 10.1. The van der Waals surface area contributed by atoms with Crippen molar-refractivity contribution in [2.45, 2.75) is 25.8 Å². The minimum atomic E-state index is -0.939. The van der Waals surface area contributed by atoms with Crippen LogP contribution in [0.1, 0.15) is 25.3 Å². The lowest BCUT2D eigenvalue weighted by Crippen LogP contribution is -2.29. The molecular formula is C15H15N3O2. The number of hydrogen-bond donors (Lipinski definition) is 2. The third-order valence-corrected chi connectivity index (χ3v) is 3.03. The summed E-state index contributed by atoms with van der Waals surface area (Å²) in [5.74, 6) is -0.613. The molecule has 1 atom stereocenters. The molecule has 0 aliphatic carbocycles. The van der Waals surface area contributed by atoms with Gasteiger partial charge in [0.05, 0.1) is 11.1 Å². The molecule has 0 saturated heterocycles. The fraction of sp³-hybridized carbons (Fsp3) is 0.267. The van der Waals surface area contributed by atoms with Crippen molar-refractivity contribution in [1.82, 2.24) is 4.98 Å². The minimum absolute atomic E-state index is 0.326. The number of benzene rings is 1. The quantitative estimate of drug-likeness (QED) is 0.871. The first-order valence-electron chi connectivity index (χ1n) is 6.45. The van der Waals surface area contributed by atoms with Crippen molar-refractivity contribution in [3.63, 3.8) is 0 Å². The van der Waals surface area contributed by atoms with Crippen LogP contribution in [0, 0.1) is 11.3 Å². The third kappa shape index (κ3) is 2.86. The molecule has 0 aliphatic heterocycles. The molecule has 0 saturated carbocycles. The zero-order valence-corrected chi connectivity index (χ0v) is 11.1. The summed E-state index contributed by atoms with van der Waals surface area (Å²) in [5, 5.41) is 22.1. The zero-order chi connectivity index (χ0) is 14.5. The second-order valence-corrected chi connectivity index (χ2v) is 4.51. The van der Waals surface area contributed by atoms with Gasteiger partial charge in [-0.25, -0.2) is 9.78 Å². The van der Waals surface area contributed by atoms with Gasteiger partial charge in [0.15, 0.2) is 0 Å². The van der Waals surface area contributed by atoms with Gasteiger partial charge in [-0.2, -0.15) is 5.26 Å². The van der Waals surface area contributed by atoms with Gasteiger partial charge in [-0.05, 0) is 18.6 Å². The number of pyridine rings is 1. The van der Waals surface area contributed by atoms with E-state index in [0.29, 0.717) is 17.8 Å². The number of nitriles is 1. The highest BCUT2D eigenvalue weighted by Gasteiger charge is 2.18. The van der Waals surface area contributed by atoms with E-state index in [2.05, 4.69) is 16.4 Å². The van der Waals surface area contributed by atoms with Gasteiger partial charge in [-0.1, -0.05) is 31.5 Å². The van der Waals surface area contributed by atoms with E-state index >= 15 is 0 Å². The lowest BCUT2D eigenvalue weighted by molar-refractivity contribution is -0.138. The largest absolute Gasteiger partial charge is 0.480 e. The van der Waals surface area contributed by atoms with Gasteiger partial charge in [0.2, 0.25) is 0 Å². The number of aliphatic carboxylic acids is 1.